The molecule has 0 unspecified atom stereocenters. The standard InChI is InChI=1S/C8H11N5/c1-3-6-5(2)7(9)13-8(12-6)10-4-11-13/h4H,3,9H2,1-2H3. The molecule has 2 N–H and O–H groups in total. The summed E-state index contributed by atoms with van der Waals surface area (Å²) in [6.45, 7) is 3.99. The third kappa shape index (κ3) is 1.04. The van der Waals surface area contributed by atoms with Crippen LogP contribution in [0.3, 0.4) is 0 Å². The lowest BCUT2D eigenvalue weighted by Crippen LogP contribution is -2.06. The molecule has 0 atom stereocenters. The van der Waals surface area contributed by atoms with Crippen molar-refractivity contribution in [2.75, 3.05) is 5.73 Å². The molecule has 0 spiro atoms. The highest BCUT2D eigenvalue weighted by Crippen LogP contribution is 2.14. The third-order valence-corrected chi connectivity index (χ3v) is 2.14. The van der Waals surface area contributed by atoms with E-state index in [1.165, 1.54) is 6.33 Å². The van der Waals surface area contributed by atoms with Gasteiger partial charge in [-0.15, -0.1) is 0 Å². The summed E-state index contributed by atoms with van der Waals surface area (Å²) in [6.07, 6.45) is 2.32. The first-order chi connectivity index (χ1) is 6.24. The van der Waals surface area contributed by atoms with Crippen molar-refractivity contribution in [2.24, 2.45) is 0 Å². The molecule has 2 aromatic rings. The van der Waals surface area contributed by atoms with Crippen LogP contribution in [-0.2, 0) is 6.42 Å². The smallest absolute Gasteiger partial charge is 0.254 e. The zero-order valence-corrected chi connectivity index (χ0v) is 7.65. The minimum absolute atomic E-state index is 0.569. The van der Waals surface area contributed by atoms with E-state index >= 15 is 0 Å². The van der Waals surface area contributed by atoms with E-state index in [-0.39, 0.29) is 0 Å². The Morgan fingerprint density at radius 3 is 3.00 bits per heavy atom. The molecule has 0 aromatic carbocycles. The van der Waals surface area contributed by atoms with Crippen LogP contribution in [0.25, 0.3) is 5.78 Å². The summed E-state index contributed by atoms with van der Waals surface area (Å²) in [5, 5.41) is 3.97. The van der Waals surface area contributed by atoms with E-state index in [1.54, 1.807) is 4.52 Å². The molecule has 0 fully saturated rings. The molecule has 0 saturated heterocycles. The average molecular weight is 177 g/mol. The molecular weight excluding hydrogens is 166 g/mol. The van der Waals surface area contributed by atoms with Gasteiger partial charge in [0.2, 0.25) is 0 Å². The lowest BCUT2D eigenvalue weighted by molar-refractivity contribution is 0.905. The number of nitrogens with two attached hydrogens (primary N) is 1. The maximum absolute atomic E-state index is 5.86. The predicted octanol–water partition coefficient (Wildman–Crippen LogP) is 0.577. The molecular formula is C8H11N5. The van der Waals surface area contributed by atoms with Gasteiger partial charge >= 0.3 is 0 Å². The quantitative estimate of drug-likeness (QED) is 0.691. The molecule has 5 heteroatoms. The number of hydrogen-bond acceptors (Lipinski definition) is 4. The molecule has 13 heavy (non-hydrogen) atoms. The van der Waals surface area contributed by atoms with Crippen LogP contribution in [0.15, 0.2) is 6.33 Å². The highest BCUT2D eigenvalue weighted by atomic mass is 15.3. The number of hydrogen-bond donors (Lipinski definition) is 1. The molecule has 0 bridgehead atoms. The lowest BCUT2D eigenvalue weighted by Gasteiger charge is -2.05. The maximum atomic E-state index is 5.86. The molecule has 0 aliphatic carbocycles. The second kappa shape index (κ2) is 2.69. The van der Waals surface area contributed by atoms with Gasteiger partial charge in [-0.3, -0.25) is 0 Å². The Balaban J connectivity index is 2.83. The van der Waals surface area contributed by atoms with Gasteiger partial charge < -0.3 is 5.73 Å². The molecule has 0 amide bonds. The van der Waals surface area contributed by atoms with Crippen LogP contribution in [0.4, 0.5) is 5.82 Å². The maximum Gasteiger partial charge on any atom is 0.254 e. The van der Waals surface area contributed by atoms with Crippen molar-refractivity contribution >= 4 is 11.6 Å². The minimum Gasteiger partial charge on any atom is -0.383 e. The number of anilines is 1. The van der Waals surface area contributed by atoms with E-state index in [2.05, 4.69) is 15.1 Å². The number of nitrogens with zero attached hydrogens (tertiary/aromatic N) is 4. The van der Waals surface area contributed by atoms with Gasteiger partial charge in [0.15, 0.2) is 0 Å². The molecule has 0 saturated carbocycles. The van der Waals surface area contributed by atoms with Crippen molar-refractivity contribution in [1.82, 2.24) is 19.6 Å². The van der Waals surface area contributed by atoms with Gasteiger partial charge in [-0.25, -0.2) is 4.98 Å². The first-order valence-electron chi connectivity index (χ1n) is 4.18. The number of nitrogen functional groups attached to an aromatic ring is 1. The summed E-state index contributed by atoms with van der Waals surface area (Å²) in [7, 11) is 0. The first-order valence-corrected chi connectivity index (χ1v) is 4.18. The van der Waals surface area contributed by atoms with Gasteiger partial charge in [-0.2, -0.15) is 14.6 Å². The molecule has 0 aliphatic heterocycles. The van der Waals surface area contributed by atoms with Crippen molar-refractivity contribution in [3.8, 4) is 0 Å². The van der Waals surface area contributed by atoms with Crippen LogP contribution in [-0.4, -0.2) is 19.6 Å². The van der Waals surface area contributed by atoms with E-state index < -0.39 is 0 Å². The normalized spacial score (nSPS) is 10.9. The first kappa shape index (κ1) is 7.97. The van der Waals surface area contributed by atoms with Crippen LogP contribution in [0.2, 0.25) is 0 Å². The van der Waals surface area contributed by atoms with E-state index in [1.807, 2.05) is 13.8 Å². The Bertz CT molecular complexity index is 445. The molecule has 2 aromatic heterocycles. The van der Waals surface area contributed by atoms with E-state index in [0.717, 1.165) is 17.7 Å². The third-order valence-electron chi connectivity index (χ3n) is 2.14. The molecule has 5 nitrogen and oxygen atoms in total. The highest BCUT2D eigenvalue weighted by molar-refractivity contribution is 5.48. The summed E-state index contributed by atoms with van der Waals surface area (Å²) < 4.78 is 1.55. The predicted molar refractivity (Wildman–Crippen MR) is 49.3 cm³/mol. The van der Waals surface area contributed by atoms with Crippen LogP contribution in [0.1, 0.15) is 18.2 Å². The zero-order valence-electron chi connectivity index (χ0n) is 7.65. The van der Waals surface area contributed by atoms with E-state index in [9.17, 15) is 0 Å². The second-order valence-electron chi connectivity index (χ2n) is 2.89. The van der Waals surface area contributed by atoms with Crippen molar-refractivity contribution in [1.29, 1.82) is 0 Å². The Labute approximate surface area is 75.6 Å². The Morgan fingerprint density at radius 2 is 2.31 bits per heavy atom. The average Bonchev–Trinajstić information content (AvgIpc) is 2.59. The Morgan fingerprint density at radius 1 is 1.54 bits per heavy atom. The summed E-state index contributed by atoms with van der Waals surface area (Å²) in [5.41, 5.74) is 7.83. The fourth-order valence-electron chi connectivity index (χ4n) is 1.34. The molecule has 2 rings (SSSR count). The van der Waals surface area contributed by atoms with Crippen LogP contribution in [0, 0.1) is 6.92 Å². The minimum atomic E-state index is 0.569. The van der Waals surface area contributed by atoms with Gasteiger partial charge in [-0.05, 0) is 13.3 Å². The van der Waals surface area contributed by atoms with Gasteiger partial charge in [0, 0.05) is 5.56 Å². The number of aromatic nitrogens is 4. The Hall–Kier alpha value is -1.65. The molecule has 0 radical (unpaired) electrons. The summed E-state index contributed by atoms with van der Waals surface area (Å²) in [6, 6.07) is 0. The van der Waals surface area contributed by atoms with Crippen molar-refractivity contribution in [2.45, 2.75) is 20.3 Å². The Kier molecular flexibility index (Phi) is 1.65. The van der Waals surface area contributed by atoms with Gasteiger partial charge in [0.05, 0.1) is 5.69 Å². The number of fused-ring (bicyclic) bond motifs is 1. The summed E-state index contributed by atoms with van der Waals surface area (Å²) >= 11 is 0. The van der Waals surface area contributed by atoms with Crippen molar-refractivity contribution in [3.63, 3.8) is 0 Å². The molecule has 68 valence electrons. The van der Waals surface area contributed by atoms with E-state index in [0.29, 0.717) is 11.6 Å². The fourth-order valence-corrected chi connectivity index (χ4v) is 1.34. The highest BCUT2D eigenvalue weighted by Gasteiger charge is 2.08. The van der Waals surface area contributed by atoms with Crippen molar-refractivity contribution in [3.05, 3.63) is 17.6 Å². The zero-order chi connectivity index (χ0) is 9.42. The monoisotopic (exact) mass is 177 g/mol. The van der Waals surface area contributed by atoms with Crippen LogP contribution >= 0.6 is 0 Å². The van der Waals surface area contributed by atoms with Gasteiger partial charge in [-0.1, -0.05) is 6.92 Å². The number of aryl methyl sites for hydroxylation is 1. The largest absolute Gasteiger partial charge is 0.383 e. The summed E-state index contributed by atoms with van der Waals surface area (Å²) in [5.74, 6) is 1.19. The SMILES string of the molecule is CCc1nc2ncnn2c(N)c1C. The van der Waals surface area contributed by atoms with Gasteiger partial charge in [0.1, 0.15) is 12.1 Å². The van der Waals surface area contributed by atoms with Crippen LogP contribution in [0.5, 0.6) is 0 Å². The lowest BCUT2D eigenvalue weighted by atomic mass is 10.2. The van der Waals surface area contributed by atoms with Crippen molar-refractivity contribution < 1.29 is 0 Å². The second-order valence-corrected chi connectivity index (χ2v) is 2.89. The van der Waals surface area contributed by atoms with Crippen LogP contribution < -0.4 is 5.73 Å². The summed E-state index contributed by atoms with van der Waals surface area (Å²) in [4.78, 5) is 8.31. The van der Waals surface area contributed by atoms with E-state index in [4.69, 9.17) is 5.73 Å². The van der Waals surface area contributed by atoms with Gasteiger partial charge in [0.25, 0.3) is 5.78 Å². The molecule has 0 aliphatic rings. The fraction of sp³-hybridized carbons (Fsp3) is 0.375. The number of rotatable bonds is 1. The topological polar surface area (TPSA) is 69.1 Å². The molecule has 2 heterocycles.